The van der Waals surface area contributed by atoms with Crippen molar-refractivity contribution in [3.63, 3.8) is 0 Å². The Hall–Kier alpha value is -3.95. The van der Waals surface area contributed by atoms with E-state index < -0.39 is 5.97 Å². The number of halogens is 1. The lowest BCUT2D eigenvalue weighted by molar-refractivity contribution is -0.137. The van der Waals surface area contributed by atoms with Crippen molar-refractivity contribution in [2.75, 3.05) is 35.7 Å². The number of rotatable bonds is 10. The number of benzene rings is 3. The lowest BCUT2D eigenvalue weighted by atomic mass is 9.98. The van der Waals surface area contributed by atoms with E-state index in [-0.39, 0.29) is 18.2 Å². The molecule has 0 fully saturated rings. The predicted molar refractivity (Wildman–Crippen MR) is 154 cm³/mol. The van der Waals surface area contributed by atoms with Gasteiger partial charge >= 0.3 is 5.97 Å². The minimum atomic E-state index is -0.846. The molecule has 4 rings (SSSR count). The van der Waals surface area contributed by atoms with Gasteiger partial charge in [0, 0.05) is 47.8 Å². The Balaban J connectivity index is 1.72. The van der Waals surface area contributed by atoms with Gasteiger partial charge in [-0.2, -0.15) is 0 Å². The number of amides is 2. The fraction of sp³-hybridized carbons (Fsp3) is 0.207. The van der Waals surface area contributed by atoms with Crippen LogP contribution in [0, 0.1) is 0 Å². The van der Waals surface area contributed by atoms with E-state index in [4.69, 9.17) is 5.11 Å². The largest absolute Gasteiger partial charge is 0.481 e. The van der Waals surface area contributed by atoms with E-state index >= 15 is 0 Å². The van der Waals surface area contributed by atoms with Crippen molar-refractivity contribution in [1.29, 1.82) is 0 Å². The summed E-state index contributed by atoms with van der Waals surface area (Å²) in [5, 5.41) is 18.4. The standard InChI is InChI=1S/C29H29BrN4O4/c1-18(35)34(16-15-31-2)23-11-9-22(10-12-23)32-28(20-6-3-19(4-7-20)5-14-26(36)37)27-24-13-8-21(30)17-25(24)33-29(27)38/h3-4,6-13,17,31-32H,5,14-16H2,1-2H3,(H,33,38)(H,36,37)/b28-27-. The van der Waals surface area contributed by atoms with Crippen LogP contribution in [0.5, 0.6) is 0 Å². The summed E-state index contributed by atoms with van der Waals surface area (Å²) >= 11 is 3.46. The van der Waals surface area contributed by atoms with Crippen LogP contribution in [0.4, 0.5) is 17.1 Å². The van der Waals surface area contributed by atoms with Crippen molar-refractivity contribution in [2.24, 2.45) is 0 Å². The van der Waals surface area contributed by atoms with Crippen molar-refractivity contribution >= 4 is 62.0 Å². The third kappa shape index (κ3) is 6.30. The lowest BCUT2D eigenvalue weighted by Crippen LogP contribution is -2.34. The number of nitrogens with one attached hydrogen (secondary N) is 3. The average Bonchev–Trinajstić information content (AvgIpc) is 3.21. The molecule has 0 atom stereocenters. The van der Waals surface area contributed by atoms with Crippen molar-refractivity contribution in [3.8, 4) is 0 Å². The first-order valence-corrected chi connectivity index (χ1v) is 13.0. The van der Waals surface area contributed by atoms with Gasteiger partial charge in [-0.3, -0.25) is 14.4 Å². The molecule has 1 heterocycles. The van der Waals surface area contributed by atoms with Crippen molar-refractivity contribution in [3.05, 3.63) is 87.9 Å². The Morgan fingerprint density at radius 1 is 1.03 bits per heavy atom. The lowest BCUT2D eigenvalue weighted by Gasteiger charge is -2.22. The average molecular weight is 577 g/mol. The molecule has 0 unspecified atom stereocenters. The number of aryl methyl sites for hydroxylation is 1. The Kier molecular flexibility index (Phi) is 8.60. The molecule has 1 aliphatic rings. The summed E-state index contributed by atoms with van der Waals surface area (Å²) in [7, 11) is 1.84. The molecular weight excluding hydrogens is 548 g/mol. The number of aliphatic carboxylic acids is 1. The SMILES string of the molecule is CNCCN(C(C)=O)c1ccc(N/C(=C2\C(=O)Nc3cc(Br)ccc32)c2ccc(CCC(=O)O)cc2)cc1. The highest BCUT2D eigenvalue weighted by Crippen LogP contribution is 2.39. The van der Waals surface area contributed by atoms with E-state index in [1.165, 1.54) is 0 Å². The molecule has 196 valence electrons. The molecule has 3 aromatic carbocycles. The van der Waals surface area contributed by atoms with Gasteiger partial charge in [0.15, 0.2) is 0 Å². The van der Waals surface area contributed by atoms with E-state index in [2.05, 4.69) is 31.9 Å². The summed E-state index contributed by atoms with van der Waals surface area (Å²) in [6, 6.07) is 20.7. The zero-order chi connectivity index (χ0) is 27.2. The Morgan fingerprint density at radius 3 is 2.37 bits per heavy atom. The topological polar surface area (TPSA) is 111 Å². The molecule has 3 aromatic rings. The fourth-order valence-electron chi connectivity index (χ4n) is 4.32. The number of likely N-dealkylation sites (N-methyl/N-ethyl adjacent to an activating group) is 1. The second kappa shape index (κ2) is 12.1. The number of carboxylic acid groups (broad SMARTS) is 1. The molecule has 4 N–H and O–H groups in total. The van der Waals surface area contributed by atoms with E-state index in [1.54, 1.807) is 11.8 Å². The first-order chi connectivity index (χ1) is 18.3. The van der Waals surface area contributed by atoms with E-state index in [1.807, 2.05) is 73.8 Å². The molecule has 9 heteroatoms. The first kappa shape index (κ1) is 27.1. The molecule has 2 amide bonds. The normalized spacial score (nSPS) is 13.5. The van der Waals surface area contributed by atoms with Crippen LogP contribution >= 0.6 is 15.9 Å². The van der Waals surface area contributed by atoms with Gasteiger partial charge in [0.25, 0.3) is 5.91 Å². The number of carbonyl (C=O) groups excluding carboxylic acids is 2. The van der Waals surface area contributed by atoms with Gasteiger partial charge in [0.2, 0.25) is 5.91 Å². The predicted octanol–water partition coefficient (Wildman–Crippen LogP) is 4.97. The second-order valence-corrected chi connectivity index (χ2v) is 9.85. The zero-order valence-corrected chi connectivity index (χ0v) is 22.8. The van der Waals surface area contributed by atoms with Crippen LogP contribution in [0.3, 0.4) is 0 Å². The smallest absolute Gasteiger partial charge is 0.303 e. The minimum Gasteiger partial charge on any atom is -0.481 e. The maximum absolute atomic E-state index is 13.2. The van der Waals surface area contributed by atoms with Crippen LogP contribution in [0.25, 0.3) is 11.3 Å². The molecular formula is C29H29BrN4O4. The van der Waals surface area contributed by atoms with Gasteiger partial charge in [0.05, 0.1) is 17.0 Å². The van der Waals surface area contributed by atoms with Crippen LogP contribution in [-0.4, -0.2) is 43.0 Å². The Morgan fingerprint density at radius 2 is 1.74 bits per heavy atom. The summed E-state index contributed by atoms with van der Waals surface area (Å²) < 4.78 is 0.860. The van der Waals surface area contributed by atoms with Gasteiger partial charge < -0.3 is 26.0 Å². The highest BCUT2D eigenvalue weighted by molar-refractivity contribution is 9.10. The highest BCUT2D eigenvalue weighted by atomic mass is 79.9. The van der Waals surface area contributed by atoms with Gasteiger partial charge in [-0.25, -0.2) is 0 Å². The second-order valence-electron chi connectivity index (χ2n) is 8.93. The molecule has 1 aliphatic heterocycles. The fourth-order valence-corrected chi connectivity index (χ4v) is 4.68. The van der Waals surface area contributed by atoms with Crippen LogP contribution in [-0.2, 0) is 20.8 Å². The molecule has 0 saturated carbocycles. The van der Waals surface area contributed by atoms with Crippen LogP contribution in [0.15, 0.2) is 71.2 Å². The molecule has 0 aromatic heterocycles. The molecule has 0 saturated heterocycles. The summed E-state index contributed by atoms with van der Waals surface area (Å²) in [5.74, 6) is -1.11. The maximum atomic E-state index is 13.2. The number of hydrogen-bond donors (Lipinski definition) is 4. The van der Waals surface area contributed by atoms with Crippen LogP contribution in [0.1, 0.15) is 30.0 Å². The number of nitrogens with zero attached hydrogens (tertiary/aromatic N) is 1. The van der Waals surface area contributed by atoms with E-state index in [9.17, 15) is 14.4 Å². The third-order valence-electron chi connectivity index (χ3n) is 6.26. The number of fused-ring (bicyclic) bond motifs is 1. The Labute approximate surface area is 229 Å². The van der Waals surface area contributed by atoms with Crippen molar-refractivity contribution < 1.29 is 19.5 Å². The van der Waals surface area contributed by atoms with Gasteiger partial charge in [0.1, 0.15) is 0 Å². The van der Waals surface area contributed by atoms with E-state index in [0.717, 1.165) is 32.5 Å². The quantitative estimate of drug-likeness (QED) is 0.254. The van der Waals surface area contributed by atoms with Gasteiger partial charge in [-0.15, -0.1) is 0 Å². The summed E-state index contributed by atoms with van der Waals surface area (Å²) in [4.78, 5) is 38.0. The summed E-state index contributed by atoms with van der Waals surface area (Å²) in [5.41, 5.74) is 5.85. The first-order valence-electron chi connectivity index (χ1n) is 12.2. The summed E-state index contributed by atoms with van der Waals surface area (Å²) in [6.07, 6.45) is 0.474. The van der Waals surface area contributed by atoms with Crippen molar-refractivity contribution in [2.45, 2.75) is 19.8 Å². The monoisotopic (exact) mass is 576 g/mol. The molecule has 38 heavy (non-hydrogen) atoms. The highest BCUT2D eigenvalue weighted by Gasteiger charge is 2.28. The molecule has 0 spiro atoms. The number of hydrogen-bond acceptors (Lipinski definition) is 5. The van der Waals surface area contributed by atoms with Gasteiger partial charge in [-0.1, -0.05) is 46.3 Å². The number of carbonyl (C=O) groups is 3. The molecule has 0 aliphatic carbocycles. The minimum absolute atomic E-state index is 0.0443. The van der Waals surface area contributed by atoms with Crippen molar-refractivity contribution in [1.82, 2.24) is 5.32 Å². The molecule has 8 nitrogen and oxygen atoms in total. The number of anilines is 3. The van der Waals surface area contributed by atoms with E-state index in [0.29, 0.717) is 36.5 Å². The van der Waals surface area contributed by atoms with Crippen LogP contribution in [0.2, 0.25) is 0 Å². The summed E-state index contributed by atoms with van der Waals surface area (Å²) in [6.45, 7) is 2.76. The van der Waals surface area contributed by atoms with Gasteiger partial charge in [-0.05, 0) is 61.0 Å². The maximum Gasteiger partial charge on any atom is 0.303 e. The number of carboxylic acids is 1. The molecule has 0 radical (unpaired) electrons. The van der Waals surface area contributed by atoms with Crippen LogP contribution < -0.4 is 20.9 Å². The zero-order valence-electron chi connectivity index (χ0n) is 21.2. The Bertz CT molecular complexity index is 1380. The third-order valence-corrected chi connectivity index (χ3v) is 6.75. The molecule has 0 bridgehead atoms.